The zero-order chi connectivity index (χ0) is 30.8. The van der Waals surface area contributed by atoms with Gasteiger partial charge < -0.3 is 9.47 Å². The van der Waals surface area contributed by atoms with Crippen molar-refractivity contribution < 1.29 is 24.1 Å². The van der Waals surface area contributed by atoms with Gasteiger partial charge in [-0.3, -0.25) is 29.6 Å². The van der Waals surface area contributed by atoms with Crippen LogP contribution >= 0.6 is 22.9 Å². The van der Waals surface area contributed by atoms with Crippen LogP contribution in [0.2, 0.25) is 5.02 Å². The zero-order valence-corrected chi connectivity index (χ0v) is 24.1. The molecular formula is C29H21ClN4O8S. The van der Waals surface area contributed by atoms with Crippen LogP contribution in [0.25, 0.3) is 6.08 Å². The van der Waals surface area contributed by atoms with Gasteiger partial charge in [-0.05, 0) is 49.8 Å². The number of allylic oxidation sites excluding steroid dienone is 1. The van der Waals surface area contributed by atoms with E-state index in [0.717, 1.165) is 29.5 Å². The van der Waals surface area contributed by atoms with E-state index in [-0.39, 0.29) is 28.2 Å². The molecule has 2 heterocycles. The second-order valence-corrected chi connectivity index (χ2v) is 10.6. The summed E-state index contributed by atoms with van der Waals surface area (Å²) in [6.07, 6.45) is 1.55. The van der Waals surface area contributed by atoms with Gasteiger partial charge in [0.15, 0.2) is 4.80 Å². The third-order valence-corrected chi connectivity index (χ3v) is 7.71. The smallest absolute Gasteiger partial charge is 0.338 e. The predicted octanol–water partition coefficient (Wildman–Crippen LogP) is 5.06. The molecule has 0 amide bonds. The summed E-state index contributed by atoms with van der Waals surface area (Å²) in [4.78, 5) is 53.1. The summed E-state index contributed by atoms with van der Waals surface area (Å²) >= 11 is 7.20. The number of nitrogens with zero attached hydrogens (tertiary/aromatic N) is 4. The first-order valence-electron chi connectivity index (χ1n) is 12.7. The topological polar surface area (TPSA) is 156 Å². The number of para-hydroxylation sites is 1. The normalized spacial score (nSPS) is 14.6. The highest BCUT2D eigenvalue weighted by atomic mass is 35.5. The van der Waals surface area contributed by atoms with E-state index in [1.165, 1.54) is 4.57 Å². The van der Waals surface area contributed by atoms with Crippen molar-refractivity contribution in [2.75, 3.05) is 6.61 Å². The van der Waals surface area contributed by atoms with E-state index < -0.39 is 38.8 Å². The fourth-order valence-corrected chi connectivity index (χ4v) is 5.72. The molecule has 0 spiro atoms. The summed E-state index contributed by atoms with van der Waals surface area (Å²) in [6, 6.07) is 15.5. The van der Waals surface area contributed by atoms with Gasteiger partial charge in [0.1, 0.15) is 5.75 Å². The highest BCUT2D eigenvalue weighted by Crippen LogP contribution is 2.36. The molecule has 3 aromatic carbocycles. The molecule has 0 N–H and O–H groups in total. The first-order chi connectivity index (χ1) is 20.6. The number of halogens is 1. The standard InChI is InChI=1S/C29H21ClN4O8S/c1-3-41-28(36)25-16(2)31-29-32(26(25)17-8-10-19(30)11-9-17)27(35)24(43-29)14-18-6-4-5-7-22(18)42-23-13-12-20(33(37)38)15-21(23)34(39)40/h4-15,26H,3H2,1-2H3/b24-14-/t26-/m1/s1. The Morgan fingerprint density at radius 1 is 1.07 bits per heavy atom. The SMILES string of the molecule is CCOC(=O)C1=C(C)N=c2s/c(=C\c3ccccc3Oc3ccc([N+](=O)[O-])cc3[N+](=O)[O-])c(=O)n2[C@@H]1c1ccc(Cl)cc1. The van der Waals surface area contributed by atoms with Gasteiger partial charge in [0, 0.05) is 16.7 Å². The van der Waals surface area contributed by atoms with E-state index in [0.29, 0.717) is 26.6 Å². The van der Waals surface area contributed by atoms with Crippen molar-refractivity contribution >= 4 is 46.4 Å². The number of aromatic nitrogens is 1. The molecule has 14 heteroatoms. The van der Waals surface area contributed by atoms with Crippen LogP contribution in [-0.2, 0) is 9.53 Å². The van der Waals surface area contributed by atoms with Crippen molar-refractivity contribution in [3.05, 3.63) is 134 Å². The van der Waals surface area contributed by atoms with Crippen molar-refractivity contribution in [3.8, 4) is 11.5 Å². The number of rotatable bonds is 8. The third kappa shape index (κ3) is 5.80. The second-order valence-electron chi connectivity index (χ2n) is 9.16. The fraction of sp³-hybridized carbons (Fsp3) is 0.138. The zero-order valence-electron chi connectivity index (χ0n) is 22.6. The molecule has 0 fully saturated rings. The molecule has 0 bridgehead atoms. The van der Waals surface area contributed by atoms with Crippen LogP contribution in [0, 0.1) is 20.2 Å². The number of fused-ring (bicyclic) bond motifs is 1. The van der Waals surface area contributed by atoms with Crippen molar-refractivity contribution in [1.82, 2.24) is 4.57 Å². The van der Waals surface area contributed by atoms with Gasteiger partial charge in [-0.25, -0.2) is 9.79 Å². The van der Waals surface area contributed by atoms with E-state index in [4.69, 9.17) is 21.1 Å². The van der Waals surface area contributed by atoms with Crippen molar-refractivity contribution in [2.24, 2.45) is 4.99 Å². The van der Waals surface area contributed by atoms with Gasteiger partial charge in [-0.1, -0.05) is 53.3 Å². The van der Waals surface area contributed by atoms with Crippen molar-refractivity contribution in [1.29, 1.82) is 0 Å². The number of nitro groups is 2. The molecule has 1 aliphatic rings. The van der Waals surface area contributed by atoms with Gasteiger partial charge in [-0.2, -0.15) is 0 Å². The van der Waals surface area contributed by atoms with Crippen LogP contribution in [0.3, 0.4) is 0 Å². The first kappa shape index (κ1) is 29.4. The van der Waals surface area contributed by atoms with E-state index in [2.05, 4.69) is 4.99 Å². The first-order valence-corrected chi connectivity index (χ1v) is 13.9. The van der Waals surface area contributed by atoms with Gasteiger partial charge in [0.2, 0.25) is 5.75 Å². The second kappa shape index (κ2) is 12.0. The van der Waals surface area contributed by atoms with E-state index in [1.807, 2.05) is 0 Å². The Labute approximate surface area is 251 Å². The summed E-state index contributed by atoms with van der Waals surface area (Å²) in [7, 11) is 0. The number of hydrogen-bond donors (Lipinski definition) is 0. The van der Waals surface area contributed by atoms with Crippen LogP contribution < -0.4 is 19.6 Å². The molecule has 1 atom stereocenters. The number of esters is 1. The number of carbonyl (C=O) groups excluding carboxylic acids is 1. The van der Waals surface area contributed by atoms with E-state index >= 15 is 0 Å². The fourth-order valence-electron chi connectivity index (χ4n) is 4.55. The number of nitro benzene ring substituents is 2. The number of hydrogen-bond acceptors (Lipinski definition) is 10. The lowest BCUT2D eigenvalue weighted by Gasteiger charge is -2.24. The molecule has 43 heavy (non-hydrogen) atoms. The minimum atomic E-state index is -0.830. The van der Waals surface area contributed by atoms with Crippen LogP contribution in [0.15, 0.2) is 87.8 Å². The van der Waals surface area contributed by atoms with Crippen LogP contribution in [0.1, 0.15) is 31.0 Å². The van der Waals surface area contributed by atoms with Gasteiger partial charge >= 0.3 is 11.7 Å². The Hall–Kier alpha value is -5.14. The highest BCUT2D eigenvalue weighted by Gasteiger charge is 2.33. The molecule has 4 aromatic rings. The Morgan fingerprint density at radius 2 is 1.79 bits per heavy atom. The van der Waals surface area contributed by atoms with Crippen LogP contribution in [-0.4, -0.2) is 27.0 Å². The Balaban J connectivity index is 1.64. The maximum Gasteiger partial charge on any atom is 0.338 e. The van der Waals surface area contributed by atoms with Gasteiger partial charge in [-0.15, -0.1) is 0 Å². The molecule has 1 aliphatic heterocycles. The number of thiazole rings is 1. The third-order valence-electron chi connectivity index (χ3n) is 6.48. The van der Waals surface area contributed by atoms with Crippen LogP contribution in [0.5, 0.6) is 11.5 Å². The Kier molecular flexibility index (Phi) is 8.19. The number of non-ortho nitro benzene ring substituents is 1. The summed E-state index contributed by atoms with van der Waals surface area (Å²) in [5.74, 6) is -0.639. The Morgan fingerprint density at radius 3 is 2.47 bits per heavy atom. The minimum absolute atomic E-state index is 0.136. The molecule has 0 aliphatic carbocycles. The summed E-state index contributed by atoms with van der Waals surface area (Å²) < 4.78 is 12.8. The number of ether oxygens (including phenoxy) is 2. The average molecular weight is 621 g/mol. The maximum absolute atomic E-state index is 13.9. The number of benzene rings is 3. The van der Waals surface area contributed by atoms with E-state index in [9.17, 15) is 29.8 Å². The quantitative estimate of drug-likeness (QED) is 0.150. The lowest BCUT2D eigenvalue weighted by Crippen LogP contribution is -2.39. The average Bonchev–Trinajstić information content (AvgIpc) is 3.27. The monoisotopic (exact) mass is 620 g/mol. The molecule has 0 unspecified atom stereocenters. The minimum Gasteiger partial charge on any atom is -0.463 e. The molecule has 5 rings (SSSR count). The molecule has 0 saturated heterocycles. The predicted molar refractivity (Wildman–Crippen MR) is 158 cm³/mol. The lowest BCUT2D eigenvalue weighted by atomic mass is 9.96. The summed E-state index contributed by atoms with van der Waals surface area (Å²) in [6.45, 7) is 3.49. The Bertz CT molecular complexity index is 2000. The van der Waals surface area contributed by atoms with Gasteiger partial charge in [0.05, 0.1) is 44.4 Å². The number of carbonyl (C=O) groups is 1. The lowest BCUT2D eigenvalue weighted by molar-refractivity contribution is -0.394. The molecule has 1 aromatic heterocycles. The summed E-state index contributed by atoms with van der Waals surface area (Å²) in [5, 5.41) is 23.2. The summed E-state index contributed by atoms with van der Waals surface area (Å²) in [5.41, 5.74) is 0.176. The molecular weight excluding hydrogens is 600 g/mol. The largest absolute Gasteiger partial charge is 0.463 e. The molecule has 0 saturated carbocycles. The van der Waals surface area contributed by atoms with Crippen molar-refractivity contribution in [2.45, 2.75) is 19.9 Å². The van der Waals surface area contributed by atoms with Gasteiger partial charge in [0.25, 0.3) is 11.2 Å². The highest BCUT2D eigenvalue weighted by molar-refractivity contribution is 7.07. The molecule has 218 valence electrons. The van der Waals surface area contributed by atoms with Crippen molar-refractivity contribution in [3.63, 3.8) is 0 Å². The van der Waals surface area contributed by atoms with E-state index in [1.54, 1.807) is 68.5 Å². The van der Waals surface area contributed by atoms with Crippen LogP contribution in [0.4, 0.5) is 11.4 Å². The maximum atomic E-state index is 13.9. The molecule has 12 nitrogen and oxygen atoms in total. The molecule has 0 radical (unpaired) electrons.